The Kier molecular flexibility index (Phi) is 8.88. The van der Waals surface area contributed by atoms with Gasteiger partial charge in [0.2, 0.25) is 17.7 Å². The van der Waals surface area contributed by atoms with Crippen LogP contribution >= 0.6 is 0 Å². The molecule has 1 saturated heterocycles. The van der Waals surface area contributed by atoms with Crippen molar-refractivity contribution in [1.29, 1.82) is 0 Å². The summed E-state index contributed by atoms with van der Waals surface area (Å²) in [6.07, 6.45) is 7.95. The van der Waals surface area contributed by atoms with Crippen molar-refractivity contribution in [3.8, 4) is 0 Å². The highest BCUT2D eigenvalue weighted by molar-refractivity contribution is 5.93. The molecule has 1 aromatic carbocycles. The third kappa shape index (κ3) is 6.79. The number of aryl methyl sites for hydroxylation is 1. The summed E-state index contributed by atoms with van der Waals surface area (Å²) in [5.41, 5.74) is 1.21. The van der Waals surface area contributed by atoms with E-state index in [1.54, 1.807) is 7.05 Å². The lowest BCUT2D eigenvalue weighted by molar-refractivity contribution is -0.133. The molecule has 3 rings (SSSR count). The molecule has 3 atom stereocenters. The molecular formula is C24H36N4O3. The van der Waals surface area contributed by atoms with Gasteiger partial charge in [-0.2, -0.15) is 0 Å². The molecule has 7 heteroatoms. The van der Waals surface area contributed by atoms with Gasteiger partial charge in [-0.1, -0.05) is 43.2 Å². The van der Waals surface area contributed by atoms with Gasteiger partial charge in [0.15, 0.2) is 0 Å². The van der Waals surface area contributed by atoms with Gasteiger partial charge in [0.1, 0.15) is 12.1 Å². The topological polar surface area (TPSA) is 99.3 Å². The van der Waals surface area contributed by atoms with E-state index in [0.717, 1.165) is 57.9 Å². The monoisotopic (exact) mass is 428 g/mol. The third-order valence-electron chi connectivity index (χ3n) is 6.51. The van der Waals surface area contributed by atoms with Crippen LogP contribution in [-0.2, 0) is 20.8 Å². The molecule has 2 aliphatic rings. The summed E-state index contributed by atoms with van der Waals surface area (Å²) in [5.74, 6) is -0.424. The fourth-order valence-electron chi connectivity index (χ4n) is 4.71. The second-order valence-corrected chi connectivity index (χ2v) is 8.73. The van der Waals surface area contributed by atoms with Crippen LogP contribution in [0.15, 0.2) is 30.3 Å². The van der Waals surface area contributed by atoms with Gasteiger partial charge in [0, 0.05) is 7.05 Å². The van der Waals surface area contributed by atoms with Crippen molar-refractivity contribution in [3.05, 3.63) is 35.9 Å². The van der Waals surface area contributed by atoms with Gasteiger partial charge in [-0.15, -0.1) is 0 Å². The minimum Gasteiger partial charge on any atom is -0.357 e. The van der Waals surface area contributed by atoms with Crippen molar-refractivity contribution in [2.75, 3.05) is 13.6 Å². The Morgan fingerprint density at radius 2 is 1.74 bits per heavy atom. The second-order valence-electron chi connectivity index (χ2n) is 8.73. The quantitative estimate of drug-likeness (QED) is 0.456. The van der Waals surface area contributed by atoms with E-state index in [2.05, 4.69) is 33.4 Å². The average molecular weight is 429 g/mol. The maximum Gasteiger partial charge on any atom is 0.243 e. The van der Waals surface area contributed by atoms with Crippen molar-refractivity contribution in [2.45, 2.75) is 75.9 Å². The molecule has 0 spiro atoms. The zero-order valence-electron chi connectivity index (χ0n) is 18.5. The van der Waals surface area contributed by atoms with Crippen LogP contribution in [0.4, 0.5) is 0 Å². The Balaban J connectivity index is 1.61. The third-order valence-corrected chi connectivity index (χ3v) is 6.51. The zero-order valence-corrected chi connectivity index (χ0v) is 18.5. The predicted molar refractivity (Wildman–Crippen MR) is 120 cm³/mol. The smallest absolute Gasteiger partial charge is 0.243 e. The van der Waals surface area contributed by atoms with Gasteiger partial charge >= 0.3 is 0 Å². The SMILES string of the molecule is CNC(=O)[C@@H](CCCc1ccccc1)NC(=O)[C@H](NC(=O)[C@@H]1CCCN1)C1CCCC1. The summed E-state index contributed by atoms with van der Waals surface area (Å²) in [6.45, 7) is 0.832. The molecule has 0 unspecified atom stereocenters. The standard InChI is InChI=1S/C24H36N4O3/c1-25-22(29)20(14-7-11-17-9-3-2-4-10-17)27-24(31)21(18-12-5-6-13-18)28-23(30)19-15-8-16-26-19/h2-4,9-10,18-21,26H,5-8,11-16H2,1H3,(H,25,29)(H,27,31)(H,28,30)/t19-,20+,21+/m0/s1. The number of likely N-dealkylation sites (N-methyl/N-ethyl adjacent to an activating group) is 1. The first kappa shape index (κ1) is 23.3. The van der Waals surface area contributed by atoms with Gasteiger partial charge in [-0.25, -0.2) is 0 Å². The molecular weight excluding hydrogens is 392 g/mol. The molecule has 7 nitrogen and oxygen atoms in total. The summed E-state index contributed by atoms with van der Waals surface area (Å²) in [5, 5.41) is 11.8. The van der Waals surface area contributed by atoms with Crippen molar-refractivity contribution in [1.82, 2.24) is 21.3 Å². The maximum atomic E-state index is 13.2. The summed E-state index contributed by atoms with van der Waals surface area (Å²) in [7, 11) is 1.58. The largest absolute Gasteiger partial charge is 0.357 e. The Labute approximate surface area is 185 Å². The van der Waals surface area contributed by atoms with E-state index in [0.29, 0.717) is 6.42 Å². The van der Waals surface area contributed by atoms with Crippen molar-refractivity contribution in [3.63, 3.8) is 0 Å². The molecule has 2 fully saturated rings. The van der Waals surface area contributed by atoms with Gasteiger partial charge in [0.25, 0.3) is 0 Å². The number of hydrogen-bond donors (Lipinski definition) is 4. The van der Waals surface area contributed by atoms with Crippen LogP contribution in [0.3, 0.4) is 0 Å². The van der Waals surface area contributed by atoms with E-state index in [1.807, 2.05) is 18.2 Å². The Morgan fingerprint density at radius 1 is 1.00 bits per heavy atom. The molecule has 0 radical (unpaired) electrons. The van der Waals surface area contributed by atoms with Crippen LogP contribution in [-0.4, -0.2) is 49.4 Å². The van der Waals surface area contributed by atoms with Crippen LogP contribution in [0, 0.1) is 5.92 Å². The van der Waals surface area contributed by atoms with E-state index in [9.17, 15) is 14.4 Å². The van der Waals surface area contributed by atoms with Crippen LogP contribution in [0.1, 0.15) is 56.9 Å². The molecule has 0 aromatic heterocycles. The van der Waals surface area contributed by atoms with E-state index < -0.39 is 12.1 Å². The van der Waals surface area contributed by atoms with Gasteiger partial charge < -0.3 is 21.3 Å². The summed E-state index contributed by atoms with van der Waals surface area (Å²) in [6, 6.07) is 8.70. The lowest BCUT2D eigenvalue weighted by Crippen LogP contribution is -2.57. The zero-order chi connectivity index (χ0) is 22.1. The fourth-order valence-corrected chi connectivity index (χ4v) is 4.71. The first-order valence-corrected chi connectivity index (χ1v) is 11.7. The highest BCUT2D eigenvalue weighted by atomic mass is 16.2. The van der Waals surface area contributed by atoms with Crippen molar-refractivity contribution < 1.29 is 14.4 Å². The summed E-state index contributed by atoms with van der Waals surface area (Å²) >= 11 is 0. The minimum atomic E-state index is -0.605. The molecule has 1 saturated carbocycles. The van der Waals surface area contributed by atoms with Gasteiger partial charge in [-0.05, 0) is 63.0 Å². The number of amides is 3. The van der Waals surface area contributed by atoms with E-state index >= 15 is 0 Å². The molecule has 1 aliphatic heterocycles. The Hall–Kier alpha value is -2.41. The van der Waals surface area contributed by atoms with Crippen molar-refractivity contribution >= 4 is 17.7 Å². The molecule has 170 valence electrons. The van der Waals surface area contributed by atoms with Crippen LogP contribution in [0.25, 0.3) is 0 Å². The minimum absolute atomic E-state index is 0.106. The number of rotatable bonds is 10. The number of carbonyl (C=O) groups is 3. The van der Waals surface area contributed by atoms with Crippen LogP contribution in [0.2, 0.25) is 0 Å². The van der Waals surface area contributed by atoms with E-state index in [1.165, 1.54) is 5.56 Å². The molecule has 4 N–H and O–H groups in total. The predicted octanol–water partition coefficient (Wildman–Crippen LogP) is 1.67. The Morgan fingerprint density at radius 3 is 2.39 bits per heavy atom. The number of carbonyl (C=O) groups excluding carboxylic acids is 3. The van der Waals surface area contributed by atoms with E-state index in [-0.39, 0.29) is 29.7 Å². The highest BCUT2D eigenvalue weighted by Gasteiger charge is 2.35. The van der Waals surface area contributed by atoms with E-state index in [4.69, 9.17) is 0 Å². The molecule has 3 amide bonds. The fraction of sp³-hybridized carbons (Fsp3) is 0.625. The first-order valence-electron chi connectivity index (χ1n) is 11.7. The average Bonchev–Trinajstić information content (AvgIpc) is 3.51. The Bertz CT molecular complexity index is 728. The normalized spacial score (nSPS) is 20.7. The first-order chi connectivity index (χ1) is 15.1. The molecule has 1 heterocycles. The lowest BCUT2D eigenvalue weighted by Gasteiger charge is -2.27. The molecule has 31 heavy (non-hydrogen) atoms. The lowest BCUT2D eigenvalue weighted by atomic mass is 9.95. The molecule has 0 bridgehead atoms. The highest BCUT2D eigenvalue weighted by Crippen LogP contribution is 2.28. The molecule has 1 aliphatic carbocycles. The second kappa shape index (κ2) is 11.8. The number of hydrogen-bond acceptors (Lipinski definition) is 4. The summed E-state index contributed by atoms with van der Waals surface area (Å²) < 4.78 is 0. The maximum absolute atomic E-state index is 13.2. The summed E-state index contributed by atoms with van der Waals surface area (Å²) in [4.78, 5) is 38.3. The van der Waals surface area contributed by atoms with Crippen LogP contribution < -0.4 is 21.3 Å². The van der Waals surface area contributed by atoms with Gasteiger partial charge in [-0.3, -0.25) is 14.4 Å². The number of nitrogens with one attached hydrogen (secondary N) is 4. The van der Waals surface area contributed by atoms with Crippen molar-refractivity contribution in [2.24, 2.45) is 5.92 Å². The molecule has 1 aromatic rings. The number of benzene rings is 1. The van der Waals surface area contributed by atoms with Gasteiger partial charge in [0.05, 0.1) is 6.04 Å². The van der Waals surface area contributed by atoms with Crippen LogP contribution in [0.5, 0.6) is 0 Å².